The number of carbonyl (C=O) groups excluding carboxylic acids is 1. The Morgan fingerprint density at radius 3 is 2.57 bits per heavy atom. The van der Waals surface area contributed by atoms with E-state index in [1.165, 1.54) is 0 Å². The summed E-state index contributed by atoms with van der Waals surface area (Å²) in [4.78, 5) is 11.5. The fourth-order valence-electron chi connectivity index (χ4n) is 2.21. The van der Waals surface area contributed by atoms with Gasteiger partial charge in [-0.3, -0.25) is 4.79 Å². The zero-order valence-electron chi connectivity index (χ0n) is 13.1. The first-order chi connectivity index (χ1) is 11.1. The Kier molecular flexibility index (Phi) is 5.74. The first kappa shape index (κ1) is 16.5. The van der Waals surface area contributed by atoms with Crippen molar-refractivity contribution in [3.05, 3.63) is 59.7 Å². The third kappa shape index (κ3) is 4.85. The summed E-state index contributed by atoms with van der Waals surface area (Å²) in [6.45, 7) is 2.21. The first-order valence-electron chi connectivity index (χ1n) is 7.51. The number of hydrogen-bond acceptors (Lipinski definition) is 5. The Bertz CT molecular complexity index is 681. The van der Waals surface area contributed by atoms with E-state index in [1.807, 2.05) is 48.5 Å². The zero-order valence-corrected chi connectivity index (χ0v) is 13.1. The molecule has 0 amide bonds. The summed E-state index contributed by atoms with van der Waals surface area (Å²) in [6, 6.07) is 15.0. The summed E-state index contributed by atoms with van der Waals surface area (Å²) in [7, 11) is 0. The van der Waals surface area contributed by atoms with Gasteiger partial charge in [0.2, 0.25) is 0 Å². The number of carbonyl (C=O) groups is 1. The topological polar surface area (TPSA) is 88.2 Å². The van der Waals surface area contributed by atoms with Crippen LogP contribution >= 0.6 is 0 Å². The van der Waals surface area contributed by atoms with E-state index in [-0.39, 0.29) is 12.5 Å². The minimum absolute atomic E-state index is 0.0833. The molecule has 0 spiro atoms. The minimum Gasteiger partial charge on any atom is -0.465 e. The van der Waals surface area contributed by atoms with Crippen molar-refractivity contribution >= 4 is 23.1 Å². The molecule has 0 aliphatic rings. The second-order valence-corrected chi connectivity index (χ2v) is 5.10. The molecular weight excluding hydrogens is 290 g/mol. The van der Waals surface area contributed by atoms with Crippen LogP contribution in [-0.4, -0.2) is 24.8 Å². The van der Waals surface area contributed by atoms with E-state index < -0.39 is 0 Å². The highest BCUT2D eigenvalue weighted by atomic mass is 16.5. The fraction of sp³-hybridized carbons (Fsp3) is 0.222. The van der Waals surface area contributed by atoms with Gasteiger partial charge in [0.1, 0.15) is 6.54 Å². The number of rotatable bonds is 7. The average Bonchev–Trinajstić information content (AvgIpc) is 2.55. The Morgan fingerprint density at radius 1 is 1.17 bits per heavy atom. The molecule has 2 rings (SSSR count). The lowest BCUT2D eigenvalue weighted by atomic mass is 10.0. The van der Waals surface area contributed by atoms with Gasteiger partial charge in [0, 0.05) is 29.1 Å². The van der Waals surface area contributed by atoms with Crippen LogP contribution in [0.3, 0.4) is 0 Å². The van der Waals surface area contributed by atoms with Crippen LogP contribution in [0.5, 0.6) is 0 Å². The van der Waals surface area contributed by atoms with Crippen LogP contribution in [0.2, 0.25) is 0 Å². The predicted molar refractivity (Wildman–Crippen MR) is 93.0 cm³/mol. The highest BCUT2D eigenvalue weighted by Gasteiger charge is 2.10. The van der Waals surface area contributed by atoms with Gasteiger partial charge in [0.15, 0.2) is 0 Å². The molecular formula is C18H21N3O2. The van der Waals surface area contributed by atoms with Gasteiger partial charge in [0.05, 0.1) is 6.61 Å². The molecule has 0 saturated heterocycles. The zero-order chi connectivity index (χ0) is 16.7. The van der Waals surface area contributed by atoms with Gasteiger partial charge in [-0.2, -0.15) is 0 Å². The van der Waals surface area contributed by atoms with E-state index in [1.54, 1.807) is 6.92 Å². The van der Waals surface area contributed by atoms with E-state index in [4.69, 9.17) is 15.9 Å². The van der Waals surface area contributed by atoms with Crippen molar-refractivity contribution in [2.75, 3.05) is 24.2 Å². The number of nitrogens with one attached hydrogen (secondary N) is 2. The van der Waals surface area contributed by atoms with Gasteiger partial charge >= 0.3 is 5.97 Å². The molecule has 23 heavy (non-hydrogen) atoms. The molecule has 0 bridgehead atoms. The molecule has 4 N–H and O–H groups in total. The average molecular weight is 311 g/mol. The maximum atomic E-state index is 11.5. The Morgan fingerprint density at radius 2 is 1.87 bits per heavy atom. The third-order valence-corrected chi connectivity index (χ3v) is 3.34. The molecule has 2 aromatic rings. The van der Waals surface area contributed by atoms with Crippen LogP contribution in [0.4, 0.5) is 11.4 Å². The summed E-state index contributed by atoms with van der Waals surface area (Å²) in [5, 5.41) is 11.4. The molecule has 2 aromatic carbocycles. The van der Waals surface area contributed by atoms with Crippen LogP contribution in [0.25, 0.3) is 0 Å². The van der Waals surface area contributed by atoms with Crippen LogP contribution in [-0.2, 0) is 16.0 Å². The summed E-state index contributed by atoms with van der Waals surface area (Å²) in [5.74, 6) is -0.313. The molecule has 0 aliphatic heterocycles. The number of esters is 1. The predicted octanol–water partition coefficient (Wildman–Crippen LogP) is 2.85. The van der Waals surface area contributed by atoms with Crippen LogP contribution in [0.1, 0.15) is 18.1 Å². The monoisotopic (exact) mass is 311 g/mol. The summed E-state index contributed by atoms with van der Waals surface area (Å²) in [5.41, 5.74) is 9.40. The van der Waals surface area contributed by atoms with Gasteiger partial charge in [-0.15, -0.1) is 0 Å². The van der Waals surface area contributed by atoms with E-state index in [2.05, 4.69) is 5.32 Å². The standard InChI is InChI=1S/C18H21N3O2/c1-2-23-18(22)12-21-17-6-4-3-5-15(17)16(20)11-13-7-9-14(19)10-8-13/h3-10,20-21H,2,11-12,19H2,1H3. The lowest BCUT2D eigenvalue weighted by Crippen LogP contribution is -2.18. The van der Waals surface area contributed by atoms with E-state index in [9.17, 15) is 4.79 Å². The van der Waals surface area contributed by atoms with Crippen molar-refractivity contribution < 1.29 is 9.53 Å². The third-order valence-electron chi connectivity index (χ3n) is 3.34. The second-order valence-electron chi connectivity index (χ2n) is 5.10. The first-order valence-corrected chi connectivity index (χ1v) is 7.51. The van der Waals surface area contributed by atoms with Crippen LogP contribution in [0, 0.1) is 5.41 Å². The van der Waals surface area contributed by atoms with Crippen molar-refractivity contribution in [2.24, 2.45) is 0 Å². The van der Waals surface area contributed by atoms with E-state index in [0.717, 1.165) is 16.8 Å². The largest absolute Gasteiger partial charge is 0.465 e. The van der Waals surface area contributed by atoms with Crippen molar-refractivity contribution in [3.63, 3.8) is 0 Å². The molecule has 0 radical (unpaired) electrons. The SMILES string of the molecule is CCOC(=O)CNc1ccccc1C(=N)Cc1ccc(N)cc1. The van der Waals surface area contributed by atoms with Gasteiger partial charge in [-0.1, -0.05) is 30.3 Å². The van der Waals surface area contributed by atoms with Crippen molar-refractivity contribution in [1.29, 1.82) is 5.41 Å². The van der Waals surface area contributed by atoms with Crippen LogP contribution < -0.4 is 11.1 Å². The maximum absolute atomic E-state index is 11.5. The van der Waals surface area contributed by atoms with Crippen molar-refractivity contribution in [1.82, 2.24) is 0 Å². The molecule has 5 nitrogen and oxygen atoms in total. The molecule has 0 aromatic heterocycles. The fourth-order valence-corrected chi connectivity index (χ4v) is 2.21. The molecule has 0 fully saturated rings. The molecule has 0 unspecified atom stereocenters. The molecule has 0 atom stereocenters. The smallest absolute Gasteiger partial charge is 0.325 e. The number of benzene rings is 2. The lowest BCUT2D eigenvalue weighted by Gasteiger charge is -2.13. The Hall–Kier alpha value is -2.82. The number of anilines is 2. The summed E-state index contributed by atoms with van der Waals surface area (Å²) < 4.78 is 4.90. The van der Waals surface area contributed by atoms with E-state index in [0.29, 0.717) is 24.4 Å². The van der Waals surface area contributed by atoms with Gasteiger partial charge < -0.3 is 21.2 Å². The summed E-state index contributed by atoms with van der Waals surface area (Å²) >= 11 is 0. The minimum atomic E-state index is -0.313. The number of ether oxygens (including phenoxy) is 1. The van der Waals surface area contributed by atoms with Gasteiger partial charge in [-0.25, -0.2) is 0 Å². The quantitative estimate of drug-likeness (QED) is 0.417. The van der Waals surface area contributed by atoms with Crippen molar-refractivity contribution in [2.45, 2.75) is 13.3 Å². The molecule has 0 saturated carbocycles. The van der Waals surface area contributed by atoms with Gasteiger partial charge in [0.25, 0.3) is 0 Å². The highest BCUT2D eigenvalue weighted by Crippen LogP contribution is 2.18. The van der Waals surface area contributed by atoms with E-state index >= 15 is 0 Å². The molecule has 120 valence electrons. The Labute approximate surface area is 136 Å². The number of nitrogen functional groups attached to an aromatic ring is 1. The summed E-state index contributed by atoms with van der Waals surface area (Å²) in [6.07, 6.45) is 0.498. The van der Waals surface area contributed by atoms with Crippen LogP contribution in [0.15, 0.2) is 48.5 Å². The maximum Gasteiger partial charge on any atom is 0.325 e. The highest BCUT2D eigenvalue weighted by molar-refractivity contribution is 6.04. The number of hydrogen-bond donors (Lipinski definition) is 3. The number of nitrogens with two attached hydrogens (primary N) is 1. The van der Waals surface area contributed by atoms with Crippen molar-refractivity contribution in [3.8, 4) is 0 Å². The lowest BCUT2D eigenvalue weighted by molar-refractivity contribution is -0.140. The Balaban J connectivity index is 2.07. The second kappa shape index (κ2) is 7.98. The number of para-hydroxylation sites is 1. The normalized spacial score (nSPS) is 10.1. The molecule has 0 heterocycles. The molecule has 5 heteroatoms. The van der Waals surface area contributed by atoms with Gasteiger partial charge in [-0.05, 0) is 30.7 Å². The molecule has 0 aliphatic carbocycles.